The molecule has 7 nitrogen and oxygen atoms in total. The molecule has 0 atom stereocenters. The topological polar surface area (TPSA) is 84.5 Å². The number of hydrogen-bond acceptors (Lipinski definition) is 5. The van der Waals surface area contributed by atoms with Crippen molar-refractivity contribution in [3.05, 3.63) is 82.2 Å². The smallest absolute Gasteiger partial charge is 0.251 e. The predicted octanol–water partition coefficient (Wildman–Crippen LogP) is 5.19. The number of pyridine rings is 1. The highest BCUT2D eigenvalue weighted by Crippen LogP contribution is 2.11. The van der Waals surface area contributed by atoms with Crippen LogP contribution in [0.5, 0.6) is 0 Å². The molecule has 0 bridgehead atoms. The molecule has 0 saturated heterocycles. The van der Waals surface area contributed by atoms with Gasteiger partial charge in [-0.25, -0.2) is 9.97 Å². The Balaban J connectivity index is 1.50. The fourth-order valence-corrected chi connectivity index (χ4v) is 3.28. The molecular formula is C24H26Cl2N6O. The Hall–Kier alpha value is -3.03. The number of unbranched alkanes of at least 4 members (excludes halogenated alkanes) is 1. The van der Waals surface area contributed by atoms with Gasteiger partial charge in [0.05, 0.1) is 34.7 Å². The van der Waals surface area contributed by atoms with Gasteiger partial charge in [-0.15, -0.1) is 0 Å². The van der Waals surface area contributed by atoms with Crippen LogP contribution in [0.2, 0.25) is 5.02 Å². The zero-order valence-electron chi connectivity index (χ0n) is 18.4. The van der Waals surface area contributed by atoms with Gasteiger partial charge in [0.25, 0.3) is 5.91 Å². The number of aryl methyl sites for hydroxylation is 1. The van der Waals surface area contributed by atoms with E-state index in [4.69, 9.17) is 23.2 Å². The highest BCUT2D eigenvalue weighted by Gasteiger charge is 2.10. The quantitative estimate of drug-likeness (QED) is 0.230. The maximum absolute atomic E-state index is 12.6. The van der Waals surface area contributed by atoms with Gasteiger partial charge in [0.2, 0.25) is 5.78 Å². The molecule has 1 amide bonds. The number of allylic oxidation sites excluding steroid dienone is 4. The average molecular weight is 485 g/mol. The van der Waals surface area contributed by atoms with Gasteiger partial charge >= 0.3 is 0 Å². The summed E-state index contributed by atoms with van der Waals surface area (Å²) >= 11 is 12.1. The predicted molar refractivity (Wildman–Crippen MR) is 133 cm³/mol. The number of halogens is 2. The van der Waals surface area contributed by atoms with Crippen molar-refractivity contribution in [2.45, 2.75) is 39.2 Å². The first-order valence-electron chi connectivity index (χ1n) is 10.8. The fraction of sp³-hybridized carbons (Fsp3) is 0.292. The minimum absolute atomic E-state index is 0.184. The molecule has 33 heavy (non-hydrogen) atoms. The number of hydrogen-bond donors (Lipinski definition) is 1. The third kappa shape index (κ3) is 7.80. The molecule has 3 rings (SSSR count). The number of nitrogens with zero attached hydrogens (tertiary/aromatic N) is 5. The Labute approximate surface area is 203 Å². The van der Waals surface area contributed by atoms with Gasteiger partial charge in [-0.1, -0.05) is 48.7 Å². The lowest BCUT2D eigenvalue weighted by Gasteiger charge is -2.06. The summed E-state index contributed by atoms with van der Waals surface area (Å²) in [5, 5.41) is 4.01. The van der Waals surface area contributed by atoms with Crippen LogP contribution in [0.15, 0.2) is 65.2 Å². The van der Waals surface area contributed by atoms with E-state index in [2.05, 4.69) is 32.2 Å². The van der Waals surface area contributed by atoms with Crippen LogP contribution in [0.3, 0.4) is 0 Å². The van der Waals surface area contributed by atoms with Crippen molar-refractivity contribution in [2.24, 2.45) is 4.99 Å². The fourth-order valence-electron chi connectivity index (χ4n) is 2.99. The Morgan fingerprint density at radius 2 is 2.12 bits per heavy atom. The summed E-state index contributed by atoms with van der Waals surface area (Å²) in [5.74, 6) is 0.346. The molecule has 0 aliphatic carbocycles. The first-order valence-corrected chi connectivity index (χ1v) is 11.5. The van der Waals surface area contributed by atoms with E-state index in [0.717, 1.165) is 37.2 Å². The molecule has 1 N–H and O–H groups in total. The van der Waals surface area contributed by atoms with Gasteiger partial charge in [-0.2, -0.15) is 0 Å². The van der Waals surface area contributed by atoms with Gasteiger partial charge in [-0.05, 0) is 37.5 Å². The van der Waals surface area contributed by atoms with Crippen LogP contribution in [-0.4, -0.2) is 38.0 Å². The lowest BCUT2D eigenvalue weighted by atomic mass is 10.1. The minimum Gasteiger partial charge on any atom is -0.346 e. The van der Waals surface area contributed by atoms with Gasteiger partial charge in [0, 0.05) is 36.4 Å². The normalized spacial score (nSPS) is 12.3. The van der Waals surface area contributed by atoms with E-state index in [1.54, 1.807) is 41.3 Å². The zero-order chi connectivity index (χ0) is 23.5. The molecule has 9 heteroatoms. The van der Waals surface area contributed by atoms with E-state index in [1.165, 1.54) is 6.20 Å². The number of aliphatic imine (C=N–C) groups is 1. The van der Waals surface area contributed by atoms with Crippen molar-refractivity contribution in [2.75, 3.05) is 6.54 Å². The minimum atomic E-state index is -0.184. The Morgan fingerprint density at radius 1 is 1.27 bits per heavy atom. The monoisotopic (exact) mass is 484 g/mol. The molecule has 3 aromatic rings. The van der Waals surface area contributed by atoms with Crippen molar-refractivity contribution in [1.82, 2.24) is 24.7 Å². The van der Waals surface area contributed by atoms with Crippen LogP contribution >= 0.6 is 23.2 Å². The molecule has 3 aromatic heterocycles. The van der Waals surface area contributed by atoms with Crippen LogP contribution in [-0.2, 0) is 13.0 Å². The Morgan fingerprint density at radius 3 is 2.97 bits per heavy atom. The summed E-state index contributed by atoms with van der Waals surface area (Å²) in [7, 11) is 0. The summed E-state index contributed by atoms with van der Waals surface area (Å²) in [6.07, 6.45) is 17.7. The second-order valence-electron chi connectivity index (χ2n) is 7.32. The van der Waals surface area contributed by atoms with Crippen LogP contribution in [0.4, 0.5) is 0 Å². The molecule has 172 valence electrons. The third-order valence-electron chi connectivity index (χ3n) is 4.73. The molecule has 0 saturated carbocycles. The number of amides is 1. The van der Waals surface area contributed by atoms with E-state index >= 15 is 0 Å². The van der Waals surface area contributed by atoms with Crippen molar-refractivity contribution in [3.8, 4) is 0 Å². The van der Waals surface area contributed by atoms with E-state index in [9.17, 15) is 4.79 Å². The van der Waals surface area contributed by atoms with Crippen molar-refractivity contribution in [1.29, 1.82) is 0 Å². The number of fused-ring (bicyclic) bond motifs is 1. The van der Waals surface area contributed by atoms with Crippen LogP contribution in [0.25, 0.3) is 5.78 Å². The molecule has 0 unspecified atom stereocenters. The lowest BCUT2D eigenvalue weighted by molar-refractivity contribution is 0.0950. The first kappa shape index (κ1) is 24.6. The third-order valence-corrected chi connectivity index (χ3v) is 5.15. The molecule has 0 spiro atoms. The van der Waals surface area contributed by atoms with E-state index < -0.39 is 0 Å². The SMILES string of the molecule is CCCCN=C/C(Cl)=C\C=C\CCc1cc(C(=O)NCc2cnc3ncc(Cl)cn23)ccn1. The van der Waals surface area contributed by atoms with E-state index in [-0.39, 0.29) is 5.91 Å². The number of carbonyl (C=O) groups is 1. The second kappa shape index (κ2) is 12.9. The van der Waals surface area contributed by atoms with Crippen molar-refractivity contribution >= 4 is 41.1 Å². The standard InChI is InChI=1S/C24H26Cl2N6O/c1-2-3-10-27-13-19(25)7-5-4-6-8-21-12-18(9-11-28-21)23(33)29-15-22-16-31-24-30-14-20(26)17-32(22)24/h4-5,7,9,11-14,16-17H,2-3,6,8,10,15H2,1H3,(H,29,33)/b5-4+,19-7+,27-13?. The maximum Gasteiger partial charge on any atom is 0.251 e. The highest BCUT2D eigenvalue weighted by atomic mass is 35.5. The van der Waals surface area contributed by atoms with Crippen molar-refractivity contribution in [3.63, 3.8) is 0 Å². The average Bonchev–Trinajstić information content (AvgIpc) is 3.22. The molecule has 3 heterocycles. The summed E-state index contributed by atoms with van der Waals surface area (Å²) in [6.45, 7) is 3.23. The van der Waals surface area contributed by atoms with Gasteiger partial charge in [-0.3, -0.25) is 19.2 Å². The second-order valence-corrected chi connectivity index (χ2v) is 8.19. The molecular weight excluding hydrogens is 459 g/mol. The molecule has 0 radical (unpaired) electrons. The summed E-state index contributed by atoms with van der Waals surface area (Å²) < 4.78 is 1.75. The maximum atomic E-state index is 12.6. The lowest BCUT2D eigenvalue weighted by Crippen LogP contribution is -2.23. The van der Waals surface area contributed by atoms with Crippen LogP contribution in [0, 0.1) is 0 Å². The Kier molecular flexibility index (Phi) is 9.59. The summed E-state index contributed by atoms with van der Waals surface area (Å²) in [4.78, 5) is 29.6. The largest absolute Gasteiger partial charge is 0.346 e. The zero-order valence-corrected chi connectivity index (χ0v) is 19.9. The number of rotatable bonds is 11. The van der Waals surface area contributed by atoms with Gasteiger partial charge in [0.15, 0.2) is 0 Å². The number of carbonyl (C=O) groups excluding carboxylic acids is 1. The van der Waals surface area contributed by atoms with Crippen molar-refractivity contribution < 1.29 is 4.79 Å². The highest BCUT2D eigenvalue weighted by molar-refractivity contribution is 6.39. The number of aromatic nitrogens is 4. The molecule has 0 aliphatic rings. The number of imidazole rings is 1. The summed E-state index contributed by atoms with van der Waals surface area (Å²) in [5.41, 5.74) is 2.18. The molecule has 0 aliphatic heterocycles. The summed E-state index contributed by atoms with van der Waals surface area (Å²) in [6, 6.07) is 3.50. The van der Waals surface area contributed by atoms with Crippen LogP contribution < -0.4 is 5.32 Å². The molecule has 0 aromatic carbocycles. The van der Waals surface area contributed by atoms with E-state index in [1.807, 2.05) is 18.2 Å². The van der Waals surface area contributed by atoms with Crippen LogP contribution in [0.1, 0.15) is 47.9 Å². The van der Waals surface area contributed by atoms with Gasteiger partial charge in [0.1, 0.15) is 0 Å². The van der Waals surface area contributed by atoms with E-state index in [0.29, 0.717) is 34.4 Å². The first-order chi connectivity index (χ1) is 16.1. The number of nitrogens with one attached hydrogen (secondary N) is 1. The molecule has 0 fully saturated rings. The Bertz CT molecular complexity index is 1170. The van der Waals surface area contributed by atoms with Gasteiger partial charge < -0.3 is 5.32 Å².